The third-order valence-electron chi connectivity index (χ3n) is 4.66. The number of methoxy groups -OCH3 is 1. The van der Waals surface area contributed by atoms with Crippen LogP contribution < -0.4 is 10.5 Å². The molecule has 0 atom stereocenters. The molecule has 28 heavy (non-hydrogen) atoms. The van der Waals surface area contributed by atoms with Crippen molar-refractivity contribution in [2.75, 3.05) is 12.8 Å². The third kappa shape index (κ3) is 3.39. The largest absolute Gasteiger partial charge is 0.497 e. The van der Waals surface area contributed by atoms with E-state index in [0.717, 1.165) is 5.56 Å². The number of nitriles is 2. The van der Waals surface area contributed by atoms with Crippen molar-refractivity contribution in [3.05, 3.63) is 65.2 Å². The minimum atomic E-state index is 0.0993. The minimum Gasteiger partial charge on any atom is -0.497 e. The molecule has 0 aliphatic heterocycles. The molecule has 0 aliphatic carbocycles. The Labute approximate surface area is 164 Å². The number of ether oxygens (including phenoxy) is 1. The van der Waals surface area contributed by atoms with Crippen LogP contribution in [0.5, 0.6) is 5.75 Å². The second kappa shape index (κ2) is 7.82. The van der Waals surface area contributed by atoms with E-state index in [1.807, 2.05) is 42.5 Å². The summed E-state index contributed by atoms with van der Waals surface area (Å²) in [4.78, 5) is 4.37. The van der Waals surface area contributed by atoms with Crippen molar-refractivity contribution in [3.63, 3.8) is 0 Å². The van der Waals surface area contributed by atoms with Gasteiger partial charge < -0.3 is 10.5 Å². The number of aromatic nitrogens is 1. The lowest BCUT2D eigenvalue weighted by Gasteiger charge is -2.15. The van der Waals surface area contributed by atoms with Gasteiger partial charge in [0.25, 0.3) is 0 Å². The SMILES string of the molecule is COc1cccc(-c2nc(N)c(C#N)c(-c3ccc(C(C)C)cc3)c2C#N)c1. The summed E-state index contributed by atoms with van der Waals surface area (Å²) in [5.74, 6) is 1.13. The van der Waals surface area contributed by atoms with Crippen LogP contribution >= 0.6 is 0 Å². The molecule has 5 heteroatoms. The number of nitrogens with two attached hydrogens (primary N) is 1. The second-order valence-electron chi connectivity index (χ2n) is 6.70. The van der Waals surface area contributed by atoms with E-state index in [9.17, 15) is 10.5 Å². The molecule has 0 spiro atoms. The van der Waals surface area contributed by atoms with Crippen molar-refractivity contribution >= 4 is 5.82 Å². The number of rotatable bonds is 4. The summed E-state index contributed by atoms with van der Waals surface area (Å²) in [6.45, 7) is 4.23. The minimum absolute atomic E-state index is 0.0993. The van der Waals surface area contributed by atoms with Gasteiger partial charge in [-0.1, -0.05) is 50.2 Å². The molecular formula is C23H20N4O. The number of anilines is 1. The lowest BCUT2D eigenvalue weighted by molar-refractivity contribution is 0.415. The fraction of sp³-hybridized carbons (Fsp3) is 0.174. The summed E-state index contributed by atoms with van der Waals surface area (Å²) in [6, 6.07) is 19.4. The van der Waals surface area contributed by atoms with Gasteiger partial charge in [0.15, 0.2) is 0 Å². The van der Waals surface area contributed by atoms with Gasteiger partial charge in [0.2, 0.25) is 0 Å². The van der Waals surface area contributed by atoms with Crippen LogP contribution in [0.25, 0.3) is 22.4 Å². The fourth-order valence-corrected chi connectivity index (χ4v) is 3.13. The predicted octanol–water partition coefficient (Wildman–Crippen LogP) is 4.87. The van der Waals surface area contributed by atoms with Crippen LogP contribution in [0.2, 0.25) is 0 Å². The Morgan fingerprint density at radius 2 is 1.64 bits per heavy atom. The molecule has 0 unspecified atom stereocenters. The van der Waals surface area contributed by atoms with E-state index in [0.29, 0.717) is 34.1 Å². The monoisotopic (exact) mass is 368 g/mol. The van der Waals surface area contributed by atoms with Gasteiger partial charge in [-0.2, -0.15) is 10.5 Å². The predicted molar refractivity (Wildman–Crippen MR) is 110 cm³/mol. The van der Waals surface area contributed by atoms with E-state index in [1.54, 1.807) is 13.2 Å². The first-order valence-electron chi connectivity index (χ1n) is 8.88. The summed E-state index contributed by atoms with van der Waals surface area (Å²) in [5.41, 5.74) is 10.2. The summed E-state index contributed by atoms with van der Waals surface area (Å²) >= 11 is 0. The number of nitrogen functional groups attached to an aromatic ring is 1. The van der Waals surface area contributed by atoms with Gasteiger partial charge in [-0.15, -0.1) is 0 Å². The van der Waals surface area contributed by atoms with E-state index >= 15 is 0 Å². The van der Waals surface area contributed by atoms with Gasteiger partial charge in [-0.3, -0.25) is 0 Å². The van der Waals surface area contributed by atoms with E-state index < -0.39 is 0 Å². The van der Waals surface area contributed by atoms with Gasteiger partial charge in [0, 0.05) is 11.1 Å². The highest BCUT2D eigenvalue weighted by molar-refractivity contribution is 5.87. The van der Waals surface area contributed by atoms with Crippen LogP contribution in [0.4, 0.5) is 5.82 Å². The molecule has 5 nitrogen and oxygen atoms in total. The molecule has 2 aromatic carbocycles. The topological polar surface area (TPSA) is 95.7 Å². The quantitative estimate of drug-likeness (QED) is 0.708. The smallest absolute Gasteiger partial charge is 0.142 e. The highest BCUT2D eigenvalue weighted by Gasteiger charge is 2.21. The molecule has 1 heterocycles. The highest BCUT2D eigenvalue weighted by atomic mass is 16.5. The average molecular weight is 368 g/mol. The Kier molecular flexibility index (Phi) is 5.29. The Morgan fingerprint density at radius 1 is 0.964 bits per heavy atom. The first-order valence-corrected chi connectivity index (χ1v) is 8.88. The molecule has 0 bridgehead atoms. The molecule has 0 radical (unpaired) electrons. The maximum atomic E-state index is 9.93. The zero-order chi connectivity index (χ0) is 20.3. The van der Waals surface area contributed by atoms with E-state index in [-0.39, 0.29) is 11.4 Å². The number of nitrogens with zero attached hydrogens (tertiary/aromatic N) is 3. The van der Waals surface area contributed by atoms with E-state index in [1.165, 1.54) is 5.56 Å². The summed E-state index contributed by atoms with van der Waals surface area (Å²) in [5, 5.41) is 19.6. The molecule has 0 fully saturated rings. The lowest BCUT2D eigenvalue weighted by Crippen LogP contribution is -2.04. The Bertz CT molecular complexity index is 1100. The molecule has 2 N–H and O–H groups in total. The molecule has 0 saturated carbocycles. The van der Waals surface area contributed by atoms with Crippen molar-refractivity contribution in [2.24, 2.45) is 0 Å². The number of hydrogen-bond donors (Lipinski definition) is 1. The van der Waals surface area contributed by atoms with Gasteiger partial charge in [0.05, 0.1) is 18.4 Å². The van der Waals surface area contributed by atoms with Gasteiger partial charge in [-0.05, 0) is 29.2 Å². The van der Waals surface area contributed by atoms with Crippen LogP contribution in [0.3, 0.4) is 0 Å². The fourth-order valence-electron chi connectivity index (χ4n) is 3.13. The van der Waals surface area contributed by atoms with Crippen molar-refractivity contribution in [3.8, 4) is 40.3 Å². The Balaban J connectivity index is 2.31. The van der Waals surface area contributed by atoms with Crippen LogP contribution in [-0.2, 0) is 0 Å². The average Bonchev–Trinajstić information content (AvgIpc) is 2.73. The maximum absolute atomic E-state index is 9.93. The summed E-state index contributed by atoms with van der Waals surface area (Å²) in [6.07, 6.45) is 0. The molecular weight excluding hydrogens is 348 g/mol. The van der Waals surface area contributed by atoms with Crippen molar-refractivity contribution in [2.45, 2.75) is 19.8 Å². The Morgan fingerprint density at radius 3 is 2.21 bits per heavy atom. The molecule has 3 rings (SSSR count). The number of pyridine rings is 1. The van der Waals surface area contributed by atoms with Crippen molar-refractivity contribution < 1.29 is 4.74 Å². The normalized spacial score (nSPS) is 10.4. The summed E-state index contributed by atoms with van der Waals surface area (Å²) in [7, 11) is 1.58. The van der Waals surface area contributed by atoms with Crippen LogP contribution in [-0.4, -0.2) is 12.1 Å². The summed E-state index contributed by atoms with van der Waals surface area (Å²) < 4.78 is 5.28. The molecule has 0 aliphatic rings. The molecule has 0 amide bonds. The third-order valence-corrected chi connectivity index (χ3v) is 4.66. The zero-order valence-electron chi connectivity index (χ0n) is 16.0. The number of benzene rings is 2. The molecule has 0 saturated heterocycles. The standard InChI is InChI=1S/C23H20N4O/c1-14(2)15-7-9-16(10-8-15)21-19(12-24)22(27-23(26)20(21)13-25)17-5-4-6-18(11-17)28-3/h4-11,14H,1-3H3,(H2,26,27). The Hall–Kier alpha value is -3.83. The molecule has 138 valence electrons. The first-order chi connectivity index (χ1) is 13.5. The number of hydrogen-bond acceptors (Lipinski definition) is 5. The van der Waals surface area contributed by atoms with Crippen molar-refractivity contribution in [1.82, 2.24) is 4.98 Å². The maximum Gasteiger partial charge on any atom is 0.142 e. The van der Waals surface area contributed by atoms with Gasteiger partial charge >= 0.3 is 0 Å². The van der Waals surface area contributed by atoms with Crippen molar-refractivity contribution in [1.29, 1.82) is 10.5 Å². The van der Waals surface area contributed by atoms with Crippen LogP contribution in [0, 0.1) is 22.7 Å². The lowest BCUT2D eigenvalue weighted by atomic mass is 9.91. The van der Waals surface area contributed by atoms with Gasteiger partial charge in [-0.25, -0.2) is 4.98 Å². The molecule has 3 aromatic rings. The van der Waals surface area contributed by atoms with E-state index in [2.05, 4.69) is 31.0 Å². The highest BCUT2D eigenvalue weighted by Crippen LogP contribution is 2.37. The zero-order valence-corrected chi connectivity index (χ0v) is 16.0. The van der Waals surface area contributed by atoms with Crippen LogP contribution in [0.15, 0.2) is 48.5 Å². The van der Waals surface area contributed by atoms with E-state index in [4.69, 9.17) is 10.5 Å². The van der Waals surface area contributed by atoms with Crippen LogP contribution in [0.1, 0.15) is 36.5 Å². The van der Waals surface area contributed by atoms with Gasteiger partial charge in [0.1, 0.15) is 29.3 Å². The first kappa shape index (κ1) is 18.9. The second-order valence-corrected chi connectivity index (χ2v) is 6.70. The molecule has 1 aromatic heterocycles.